The van der Waals surface area contributed by atoms with E-state index < -0.39 is 0 Å². The number of nitrogens with one attached hydrogen (secondary N) is 1. The van der Waals surface area contributed by atoms with Gasteiger partial charge in [-0.2, -0.15) is 0 Å². The van der Waals surface area contributed by atoms with Crippen LogP contribution >= 0.6 is 11.6 Å². The fraction of sp³-hybridized carbons (Fsp3) is 0.533. The van der Waals surface area contributed by atoms with Crippen LogP contribution in [-0.2, 0) is 4.74 Å². The van der Waals surface area contributed by atoms with Gasteiger partial charge in [0.25, 0.3) is 0 Å². The monoisotopic (exact) mass is 295 g/mol. The van der Waals surface area contributed by atoms with E-state index in [1.165, 1.54) is 0 Å². The molecule has 0 atom stereocenters. The second-order valence-corrected chi connectivity index (χ2v) is 6.99. The number of morpholine rings is 1. The number of amidine groups is 1. The fourth-order valence-electron chi connectivity index (χ4n) is 2.96. The van der Waals surface area contributed by atoms with Crippen LogP contribution < -0.4 is 10.6 Å². The van der Waals surface area contributed by atoms with E-state index in [0.717, 1.165) is 18.8 Å². The molecule has 1 saturated heterocycles. The van der Waals surface area contributed by atoms with Crippen LogP contribution in [0.1, 0.15) is 33.3 Å². The predicted molar refractivity (Wildman–Crippen MR) is 83.9 cm³/mol. The number of anilines is 1. The summed E-state index contributed by atoms with van der Waals surface area (Å²) in [4.78, 5) is 2.22. The molecule has 1 fully saturated rings. The third kappa shape index (κ3) is 3.25. The van der Waals surface area contributed by atoms with Crippen LogP contribution in [0.15, 0.2) is 18.2 Å². The summed E-state index contributed by atoms with van der Waals surface area (Å²) >= 11 is 6.02. The molecular formula is C15H22ClN3O. The molecule has 1 heterocycles. The third-order valence-electron chi connectivity index (χ3n) is 3.29. The second-order valence-electron chi connectivity index (χ2n) is 6.55. The van der Waals surface area contributed by atoms with Crippen molar-refractivity contribution in [3.63, 3.8) is 0 Å². The number of hydrogen-bond donors (Lipinski definition) is 2. The van der Waals surface area contributed by atoms with E-state index in [1.807, 2.05) is 12.1 Å². The minimum absolute atomic E-state index is 0.0320. The molecule has 0 aromatic heterocycles. The highest BCUT2D eigenvalue weighted by molar-refractivity contribution is 6.31. The Morgan fingerprint density at radius 3 is 2.30 bits per heavy atom. The first kappa shape index (κ1) is 15.1. The van der Waals surface area contributed by atoms with Crippen LogP contribution in [0.5, 0.6) is 0 Å². The molecule has 0 spiro atoms. The van der Waals surface area contributed by atoms with E-state index >= 15 is 0 Å². The SMILES string of the molecule is CC1(C)CN(c2ccc(Cl)cc2C(=N)N)CC(C)(C)O1. The number of ether oxygens (including phenoxy) is 1. The summed E-state index contributed by atoms with van der Waals surface area (Å²) in [5.74, 6) is 0.0320. The minimum atomic E-state index is -0.255. The number of hydrogen-bond acceptors (Lipinski definition) is 3. The zero-order chi connectivity index (χ0) is 15.1. The van der Waals surface area contributed by atoms with Crippen molar-refractivity contribution in [2.75, 3.05) is 18.0 Å². The van der Waals surface area contributed by atoms with Crippen molar-refractivity contribution in [1.29, 1.82) is 5.41 Å². The van der Waals surface area contributed by atoms with Crippen LogP contribution in [0.3, 0.4) is 0 Å². The smallest absolute Gasteiger partial charge is 0.124 e. The van der Waals surface area contributed by atoms with Crippen molar-refractivity contribution in [2.45, 2.75) is 38.9 Å². The summed E-state index contributed by atoms with van der Waals surface area (Å²) in [5.41, 5.74) is 6.79. The molecular weight excluding hydrogens is 274 g/mol. The van der Waals surface area contributed by atoms with Gasteiger partial charge in [-0.05, 0) is 45.9 Å². The van der Waals surface area contributed by atoms with Crippen LogP contribution in [-0.4, -0.2) is 30.1 Å². The molecule has 1 aliphatic heterocycles. The summed E-state index contributed by atoms with van der Waals surface area (Å²) in [5, 5.41) is 8.34. The standard InChI is InChI=1S/C15H22ClN3O/c1-14(2)8-19(9-15(3,4)20-14)12-6-5-10(16)7-11(12)13(17)18/h5-7H,8-9H2,1-4H3,(H3,17,18). The highest BCUT2D eigenvalue weighted by atomic mass is 35.5. The molecule has 0 bridgehead atoms. The molecule has 1 aromatic carbocycles. The van der Waals surface area contributed by atoms with Gasteiger partial charge in [0, 0.05) is 29.4 Å². The molecule has 0 amide bonds. The molecule has 1 aliphatic rings. The maximum absolute atomic E-state index is 7.75. The number of halogens is 1. The first-order valence-electron chi connectivity index (χ1n) is 6.69. The zero-order valence-corrected chi connectivity index (χ0v) is 13.2. The lowest BCUT2D eigenvalue weighted by molar-refractivity contribution is -0.133. The van der Waals surface area contributed by atoms with E-state index in [9.17, 15) is 0 Å². The summed E-state index contributed by atoms with van der Waals surface area (Å²) in [7, 11) is 0. The second kappa shape index (κ2) is 4.93. The Hall–Kier alpha value is -1.26. The Labute approximate surface area is 125 Å². The van der Waals surface area contributed by atoms with Crippen molar-refractivity contribution in [3.05, 3.63) is 28.8 Å². The molecule has 0 aliphatic carbocycles. The minimum Gasteiger partial charge on any atom is -0.384 e. The van der Waals surface area contributed by atoms with Crippen molar-refractivity contribution in [3.8, 4) is 0 Å². The van der Waals surface area contributed by atoms with Crippen molar-refractivity contribution in [2.24, 2.45) is 5.73 Å². The Bertz CT molecular complexity index is 524. The molecule has 2 rings (SSSR count). The largest absolute Gasteiger partial charge is 0.384 e. The number of benzene rings is 1. The number of rotatable bonds is 2. The highest BCUT2D eigenvalue weighted by Crippen LogP contribution is 2.33. The number of nitrogens with two attached hydrogens (primary N) is 1. The maximum Gasteiger partial charge on any atom is 0.124 e. The van der Waals surface area contributed by atoms with Gasteiger partial charge in [0.05, 0.1) is 11.2 Å². The Morgan fingerprint density at radius 1 is 1.25 bits per heavy atom. The van der Waals surface area contributed by atoms with Crippen LogP contribution in [0.4, 0.5) is 5.69 Å². The first-order chi connectivity index (χ1) is 9.10. The third-order valence-corrected chi connectivity index (χ3v) is 3.52. The van der Waals surface area contributed by atoms with Gasteiger partial charge >= 0.3 is 0 Å². The zero-order valence-electron chi connectivity index (χ0n) is 12.5. The molecule has 1 aromatic rings. The molecule has 4 nitrogen and oxygen atoms in total. The van der Waals surface area contributed by atoms with Gasteiger partial charge in [-0.25, -0.2) is 0 Å². The van der Waals surface area contributed by atoms with E-state index in [2.05, 4.69) is 32.6 Å². The van der Waals surface area contributed by atoms with Gasteiger partial charge in [-0.15, -0.1) is 0 Å². The van der Waals surface area contributed by atoms with E-state index in [-0.39, 0.29) is 17.0 Å². The van der Waals surface area contributed by atoms with Crippen LogP contribution in [0.25, 0.3) is 0 Å². The lowest BCUT2D eigenvalue weighted by atomic mass is 9.97. The molecule has 3 N–H and O–H groups in total. The first-order valence-corrected chi connectivity index (χ1v) is 7.07. The predicted octanol–water partition coefficient (Wildman–Crippen LogP) is 3.02. The topological polar surface area (TPSA) is 62.3 Å². The Morgan fingerprint density at radius 2 is 1.80 bits per heavy atom. The Balaban J connectivity index is 2.43. The Kier molecular flexibility index (Phi) is 3.73. The van der Waals surface area contributed by atoms with E-state index in [4.69, 9.17) is 27.5 Å². The van der Waals surface area contributed by atoms with Gasteiger partial charge in [0.2, 0.25) is 0 Å². The number of nitrogens with zero attached hydrogens (tertiary/aromatic N) is 1. The number of nitrogen functional groups attached to an aromatic ring is 1. The van der Waals surface area contributed by atoms with E-state index in [0.29, 0.717) is 10.6 Å². The van der Waals surface area contributed by atoms with Gasteiger partial charge < -0.3 is 15.4 Å². The molecule has 0 unspecified atom stereocenters. The average molecular weight is 296 g/mol. The van der Waals surface area contributed by atoms with Gasteiger partial charge in [0.15, 0.2) is 0 Å². The summed E-state index contributed by atoms with van der Waals surface area (Å²) in [6.45, 7) is 9.79. The van der Waals surface area contributed by atoms with Crippen LogP contribution in [0.2, 0.25) is 5.02 Å². The average Bonchev–Trinajstić information content (AvgIpc) is 2.24. The molecule has 5 heteroatoms. The van der Waals surface area contributed by atoms with E-state index in [1.54, 1.807) is 6.07 Å². The normalized spacial score (nSPS) is 20.8. The van der Waals surface area contributed by atoms with Crippen molar-refractivity contribution >= 4 is 23.1 Å². The van der Waals surface area contributed by atoms with Gasteiger partial charge in [-0.1, -0.05) is 11.6 Å². The summed E-state index contributed by atoms with van der Waals surface area (Å²) < 4.78 is 6.08. The summed E-state index contributed by atoms with van der Waals surface area (Å²) in [6, 6.07) is 5.50. The van der Waals surface area contributed by atoms with Gasteiger partial charge in [-0.3, -0.25) is 5.41 Å². The molecule has 0 radical (unpaired) electrons. The molecule has 110 valence electrons. The van der Waals surface area contributed by atoms with Crippen molar-refractivity contribution < 1.29 is 4.74 Å². The van der Waals surface area contributed by atoms with Crippen molar-refractivity contribution in [1.82, 2.24) is 0 Å². The van der Waals surface area contributed by atoms with Gasteiger partial charge in [0.1, 0.15) is 5.84 Å². The quantitative estimate of drug-likeness (QED) is 0.651. The molecule has 0 saturated carbocycles. The maximum atomic E-state index is 7.75. The lowest BCUT2D eigenvalue weighted by Crippen LogP contribution is -2.57. The molecule has 20 heavy (non-hydrogen) atoms. The highest BCUT2D eigenvalue weighted by Gasteiger charge is 2.38. The van der Waals surface area contributed by atoms with Crippen LogP contribution in [0, 0.1) is 5.41 Å². The fourth-order valence-corrected chi connectivity index (χ4v) is 3.13. The lowest BCUT2D eigenvalue weighted by Gasteiger charge is -2.48. The summed E-state index contributed by atoms with van der Waals surface area (Å²) in [6.07, 6.45) is 0.